The number of halogens is 2. The molecule has 5 rings (SSSR count). The van der Waals surface area contributed by atoms with Gasteiger partial charge in [0.25, 0.3) is 5.91 Å². The summed E-state index contributed by atoms with van der Waals surface area (Å²) in [5.74, 6) is 1.24. The number of thioether (sulfide) groups is 1. The normalized spacial score (nSPS) is 14.8. The van der Waals surface area contributed by atoms with Crippen molar-refractivity contribution in [2.45, 2.75) is 23.9 Å². The quantitative estimate of drug-likeness (QED) is 0.263. The van der Waals surface area contributed by atoms with Crippen molar-refractivity contribution in [3.63, 3.8) is 0 Å². The summed E-state index contributed by atoms with van der Waals surface area (Å²) in [4.78, 5) is 18.2. The van der Waals surface area contributed by atoms with Crippen LogP contribution in [0.1, 0.15) is 24.3 Å². The Bertz CT molecular complexity index is 1470. The number of amides is 1. The maximum absolute atomic E-state index is 14.1. The molecule has 0 bridgehead atoms. The summed E-state index contributed by atoms with van der Waals surface area (Å²) in [7, 11) is 1.54. The Labute approximate surface area is 219 Å². The van der Waals surface area contributed by atoms with Crippen LogP contribution in [0.15, 0.2) is 86.2 Å². The molecule has 0 saturated heterocycles. The number of aromatic nitrogens is 3. The molecule has 2 N–H and O–H groups in total. The van der Waals surface area contributed by atoms with E-state index in [-0.39, 0.29) is 11.7 Å². The Kier molecular flexibility index (Phi) is 6.84. The molecule has 11 heteroatoms. The van der Waals surface area contributed by atoms with E-state index in [1.54, 1.807) is 61.2 Å². The van der Waals surface area contributed by atoms with Gasteiger partial charge in [-0.1, -0.05) is 42.1 Å². The van der Waals surface area contributed by atoms with Crippen molar-refractivity contribution in [1.82, 2.24) is 14.8 Å². The molecular formula is C25H21BrFN5O3S. The molecule has 36 heavy (non-hydrogen) atoms. The molecule has 0 fully saturated rings. The van der Waals surface area contributed by atoms with Crippen molar-refractivity contribution >= 4 is 45.2 Å². The lowest BCUT2D eigenvalue weighted by Gasteiger charge is -2.27. The standard InChI is InChI=1S/C25H21BrFN5O3S/c1-14-21(23(33)29-17-9-5-6-10-18(17)34-2)22(19-11-12-20(26)35-19)32-24(28-14)30-25(31-32)36-13-15-7-3-4-8-16(15)27/h3-12,22H,13H2,1-2H3,(H,29,33)(H,28,30,31). The number of carbonyl (C=O) groups is 1. The van der Waals surface area contributed by atoms with Crippen LogP contribution in [0.2, 0.25) is 0 Å². The number of benzene rings is 2. The Balaban J connectivity index is 1.48. The third-order valence-electron chi connectivity index (χ3n) is 5.61. The van der Waals surface area contributed by atoms with Crippen molar-refractivity contribution in [3.8, 4) is 5.75 Å². The number of carbonyl (C=O) groups excluding carboxylic acids is 1. The highest BCUT2D eigenvalue weighted by atomic mass is 79.9. The zero-order valence-electron chi connectivity index (χ0n) is 19.3. The molecule has 1 unspecified atom stereocenters. The minimum atomic E-state index is -0.683. The molecule has 1 amide bonds. The fourth-order valence-electron chi connectivity index (χ4n) is 3.92. The minimum absolute atomic E-state index is 0.279. The third kappa shape index (κ3) is 4.76. The maximum Gasteiger partial charge on any atom is 0.256 e. The smallest absolute Gasteiger partial charge is 0.256 e. The van der Waals surface area contributed by atoms with Crippen molar-refractivity contribution < 1.29 is 18.3 Å². The van der Waals surface area contributed by atoms with Crippen molar-refractivity contribution in [2.75, 3.05) is 17.7 Å². The number of hydrogen-bond donors (Lipinski definition) is 2. The topological polar surface area (TPSA) is 94.2 Å². The van der Waals surface area contributed by atoms with E-state index in [0.29, 0.717) is 55.6 Å². The van der Waals surface area contributed by atoms with Gasteiger partial charge in [0.05, 0.1) is 18.4 Å². The SMILES string of the molecule is COc1ccccc1NC(=O)C1=C(C)Nc2nc(SCc3ccccc3F)nn2C1c1ccc(Br)o1. The highest BCUT2D eigenvalue weighted by Gasteiger charge is 2.36. The predicted molar refractivity (Wildman–Crippen MR) is 138 cm³/mol. The number of ether oxygens (including phenoxy) is 1. The third-order valence-corrected chi connectivity index (χ3v) is 6.92. The Morgan fingerprint density at radius 3 is 2.75 bits per heavy atom. The van der Waals surface area contributed by atoms with Gasteiger partial charge in [0.1, 0.15) is 23.4 Å². The first-order valence-corrected chi connectivity index (χ1v) is 12.7. The molecule has 1 aliphatic heterocycles. The van der Waals surface area contributed by atoms with Gasteiger partial charge >= 0.3 is 0 Å². The van der Waals surface area contributed by atoms with E-state index >= 15 is 0 Å². The van der Waals surface area contributed by atoms with Gasteiger partial charge in [0.15, 0.2) is 4.67 Å². The van der Waals surface area contributed by atoms with Gasteiger partial charge in [-0.05, 0) is 58.7 Å². The fourth-order valence-corrected chi connectivity index (χ4v) is 5.05. The molecule has 1 aliphatic rings. The first kappa shape index (κ1) is 24.1. The Morgan fingerprint density at radius 1 is 1.22 bits per heavy atom. The lowest BCUT2D eigenvalue weighted by molar-refractivity contribution is -0.113. The van der Waals surface area contributed by atoms with E-state index in [4.69, 9.17) is 9.15 Å². The first-order chi connectivity index (χ1) is 17.4. The van der Waals surface area contributed by atoms with Crippen LogP contribution >= 0.6 is 27.7 Å². The summed E-state index contributed by atoms with van der Waals surface area (Å²) < 4.78 is 27.5. The number of fused-ring (bicyclic) bond motifs is 1. The van der Waals surface area contributed by atoms with Crippen molar-refractivity contribution in [2.24, 2.45) is 0 Å². The number of hydrogen-bond acceptors (Lipinski definition) is 7. The number of anilines is 2. The predicted octanol–water partition coefficient (Wildman–Crippen LogP) is 6.00. The molecule has 0 saturated carbocycles. The maximum atomic E-state index is 14.1. The van der Waals surface area contributed by atoms with Gasteiger partial charge in [-0.15, -0.1) is 5.10 Å². The second kappa shape index (κ2) is 10.2. The zero-order chi connectivity index (χ0) is 25.2. The summed E-state index contributed by atoms with van der Waals surface area (Å²) in [6, 6.07) is 16.6. The van der Waals surface area contributed by atoms with Crippen LogP contribution in [0.4, 0.5) is 16.0 Å². The molecule has 3 heterocycles. The average molecular weight is 570 g/mol. The van der Waals surface area contributed by atoms with Gasteiger partial charge in [-0.2, -0.15) is 4.98 Å². The second-order valence-electron chi connectivity index (χ2n) is 7.91. The molecule has 1 atom stereocenters. The lowest BCUT2D eigenvalue weighted by atomic mass is 10.00. The number of nitrogens with one attached hydrogen (secondary N) is 2. The summed E-state index contributed by atoms with van der Waals surface area (Å²) in [6.45, 7) is 1.80. The van der Waals surface area contributed by atoms with Gasteiger partial charge in [0.2, 0.25) is 11.1 Å². The number of methoxy groups -OCH3 is 1. The van der Waals surface area contributed by atoms with E-state index < -0.39 is 6.04 Å². The summed E-state index contributed by atoms with van der Waals surface area (Å²) >= 11 is 4.65. The minimum Gasteiger partial charge on any atom is -0.495 e. The van der Waals surface area contributed by atoms with Gasteiger partial charge < -0.3 is 19.8 Å². The van der Waals surface area contributed by atoms with Crippen molar-refractivity contribution in [3.05, 3.63) is 93.7 Å². The molecular weight excluding hydrogens is 549 g/mol. The van der Waals surface area contributed by atoms with E-state index in [0.717, 1.165) is 0 Å². The summed E-state index contributed by atoms with van der Waals surface area (Å²) in [6.07, 6.45) is 0. The Hall–Kier alpha value is -3.57. The van der Waals surface area contributed by atoms with Crippen LogP contribution in [0.3, 0.4) is 0 Å². The molecule has 8 nitrogen and oxygen atoms in total. The molecule has 2 aromatic carbocycles. The highest BCUT2D eigenvalue weighted by molar-refractivity contribution is 9.10. The molecule has 0 aliphatic carbocycles. The van der Waals surface area contributed by atoms with Crippen LogP contribution in [0.5, 0.6) is 5.75 Å². The first-order valence-electron chi connectivity index (χ1n) is 10.9. The highest BCUT2D eigenvalue weighted by Crippen LogP contribution is 2.38. The molecule has 2 aromatic heterocycles. The van der Waals surface area contributed by atoms with Gasteiger partial charge in [0, 0.05) is 11.4 Å². The number of furan rings is 1. The fraction of sp³-hybridized carbons (Fsp3) is 0.160. The van der Waals surface area contributed by atoms with Crippen LogP contribution in [-0.2, 0) is 10.5 Å². The lowest BCUT2D eigenvalue weighted by Crippen LogP contribution is -2.31. The number of nitrogens with zero attached hydrogens (tertiary/aromatic N) is 3. The number of para-hydroxylation sites is 2. The second-order valence-corrected chi connectivity index (χ2v) is 9.63. The van der Waals surface area contributed by atoms with E-state index in [1.807, 2.05) is 12.1 Å². The molecule has 0 spiro atoms. The number of allylic oxidation sites excluding steroid dienone is 1. The Morgan fingerprint density at radius 2 is 2.00 bits per heavy atom. The van der Waals surface area contributed by atoms with E-state index in [9.17, 15) is 9.18 Å². The largest absolute Gasteiger partial charge is 0.495 e. The number of rotatable bonds is 7. The molecule has 4 aromatic rings. The summed E-state index contributed by atoms with van der Waals surface area (Å²) in [5.41, 5.74) is 2.10. The summed E-state index contributed by atoms with van der Waals surface area (Å²) in [5, 5.41) is 11.2. The van der Waals surface area contributed by atoms with E-state index in [2.05, 4.69) is 36.6 Å². The van der Waals surface area contributed by atoms with Crippen LogP contribution in [0, 0.1) is 5.82 Å². The molecule has 184 valence electrons. The monoisotopic (exact) mass is 569 g/mol. The average Bonchev–Trinajstić information content (AvgIpc) is 3.48. The van der Waals surface area contributed by atoms with Crippen LogP contribution in [0.25, 0.3) is 0 Å². The van der Waals surface area contributed by atoms with Crippen LogP contribution < -0.4 is 15.4 Å². The van der Waals surface area contributed by atoms with Gasteiger partial charge in [-0.25, -0.2) is 9.07 Å². The van der Waals surface area contributed by atoms with E-state index in [1.165, 1.54) is 17.8 Å². The molecule has 0 radical (unpaired) electrons. The zero-order valence-corrected chi connectivity index (χ0v) is 21.7. The van der Waals surface area contributed by atoms with Crippen molar-refractivity contribution in [1.29, 1.82) is 0 Å². The van der Waals surface area contributed by atoms with Crippen LogP contribution in [-0.4, -0.2) is 27.8 Å². The van der Waals surface area contributed by atoms with Gasteiger partial charge in [-0.3, -0.25) is 4.79 Å².